The summed E-state index contributed by atoms with van der Waals surface area (Å²) in [5.74, 6) is -1.29. The summed E-state index contributed by atoms with van der Waals surface area (Å²) < 4.78 is 0. The Morgan fingerprint density at radius 2 is 1.54 bits per heavy atom. The highest BCUT2D eigenvalue weighted by Gasteiger charge is 2.19. The van der Waals surface area contributed by atoms with E-state index in [2.05, 4.69) is 20.9 Å². The number of hydrogen-bond acceptors (Lipinski definition) is 8. The molecular weight excluding hydrogens is 506 g/mol. The first kappa shape index (κ1) is 33.3. The zero-order chi connectivity index (χ0) is 29.0. The van der Waals surface area contributed by atoms with Gasteiger partial charge in [-0.3, -0.25) is 19.2 Å². The van der Waals surface area contributed by atoms with E-state index in [-0.39, 0.29) is 43.2 Å². The lowest BCUT2D eigenvalue weighted by atomic mass is 10.1. The van der Waals surface area contributed by atoms with Crippen LogP contribution >= 0.6 is 0 Å². The van der Waals surface area contributed by atoms with Crippen molar-refractivity contribution < 1.29 is 24.3 Å². The van der Waals surface area contributed by atoms with Gasteiger partial charge in [-0.15, -0.1) is 0 Å². The third-order valence-electron chi connectivity index (χ3n) is 5.69. The van der Waals surface area contributed by atoms with Gasteiger partial charge in [0, 0.05) is 32.6 Å². The van der Waals surface area contributed by atoms with E-state index in [1.165, 1.54) is 0 Å². The van der Waals surface area contributed by atoms with E-state index in [0.29, 0.717) is 64.0 Å². The summed E-state index contributed by atoms with van der Waals surface area (Å²) in [6.07, 6.45) is 3.17. The van der Waals surface area contributed by atoms with Gasteiger partial charge in [0.1, 0.15) is 6.04 Å². The SMILES string of the molecule is NCC(=O)NCCCN(CCCCNC(=O)[C@H](CO)NC(=O)CCCc1ccc(N=C(N)N)cc1)C(=O)CN. The highest BCUT2D eigenvalue weighted by atomic mass is 16.3. The average Bonchev–Trinajstić information content (AvgIpc) is 2.92. The summed E-state index contributed by atoms with van der Waals surface area (Å²) in [7, 11) is 0. The van der Waals surface area contributed by atoms with Crippen molar-refractivity contribution in [1.82, 2.24) is 20.9 Å². The summed E-state index contributed by atoms with van der Waals surface area (Å²) in [6, 6.07) is 6.26. The molecule has 0 unspecified atom stereocenters. The summed E-state index contributed by atoms with van der Waals surface area (Å²) in [6.45, 7) is 0.888. The van der Waals surface area contributed by atoms with Crippen LogP contribution in [-0.2, 0) is 25.6 Å². The van der Waals surface area contributed by atoms with Gasteiger partial charge in [0.2, 0.25) is 23.6 Å². The minimum Gasteiger partial charge on any atom is -0.394 e. The lowest BCUT2D eigenvalue weighted by Crippen LogP contribution is -2.49. The van der Waals surface area contributed by atoms with Crippen LogP contribution < -0.4 is 38.9 Å². The number of unbranched alkanes of at least 4 members (excludes halogenated alkanes) is 1. The number of rotatable bonds is 19. The minimum atomic E-state index is -1.05. The van der Waals surface area contributed by atoms with E-state index in [4.69, 9.17) is 22.9 Å². The number of hydrogen-bond donors (Lipinski definition) is 8. The van der Waals surface area contributed by atoms with Crippen LogP contribution in [0.1, 0.15) is 37.7 Å². The number of carbonyl (C=O) groups is 4. The molecule has 1 aromatic carbocycles. The molecule has 0 aliphatic rings. The number of aliphatic hydroxyl groups is 1. The maximum atomic E-state index is 12.4. The third-order valence-corrected chi connectivity index (χ3v) is 5.69. The van der Waals surface area contributed by atoms with Crippen LogP contribution in [0.4, 0.5) is 5.69 Å². The predicted octanol–water partition coefficient (Wildman–Crippen LogP) is -2.46. The number of nitrogens with one attached hydrogen (secondary N) is 3. The smallest absolute Gasteiger partial charge is 0.244 e. The zero-order valence-corrected chi connectivity index (χ0v) is 22.4. The summed E-state index contributed by atoms with van der Waals surface area (Å²) in [5.41, 5.74) is 23.1. The first-order chi connectivity index (χ1) is 18.7. The van der Waals surface area contributed by atoms with Gasteiger partial charge in [-0.05, 0) is 49.8 Å². The number of amides is 4. The molecule has 39 heavy (non-hydrogen) atoms. The molecule has 0 radical (unpaired) electrons. The standard InChI is InChI=1S/C25H43N9O5/c26-15-22(37)30-12-4-14-34(23(38)16-27)13-2-1-11-31-24(39)20(17-35)33-21(36)6-3-5-18-7-9-19(10-8-18)32-25(28)29/h7-10,20,35H,1-6,11-17,26-27H2,(H,30,37)(H,31,39)(H,33,36)(H4,28,29,32)/t20-/m0/s1. The highest BCUT2D eigenvalue weighted by Crippen LogP contribution is 2.14. The minimum absolute atomic E-state index is 0.0220. The molecule has 14 heteroatoms. The maximum Gasteiger partial charge on any atom is 0.244 e. The molecule has 1 aromatic rings. The Labute approximate surface area is 228 Å². The Balaban J connectivity index is 2.31. The number of nitrogens with zero attached hydrogens (tertiary/aromatic N) is 2. The Morgan fingerprint density at radius 3 is 2.15 bits per heavy atom. The molecule has 1 atom stereocenters. The number of guanidine groups is 1. The molecule has 0 saturated heterocycles. The molecular formula is C25H43N9O5. The van der Waals surface area contributed by atoms with Gasteiger partial charge in [-0.25, -0.2) is 4.99 Å². The Kier molecular flexibility index (Phi) is 16.5. The fourth-order valence-corrected chi connectivity index (χ4v) is 3.62. The number of nitrogens with two attached hydrogens (primary N) is 4. The molecule has 4 amide bonds. The van der Waals surface area contributed by atoms with Gasteiger partial charge in [0.15, 0.2) is 5.96 Å². The van der Waals surface area contributed by atoms with E-state index in [0.717, 1.165) is 5.56 Å². The van der Waals surface area contributed by atoms with Crippen LogP contribution in [-0.4, -0.2) is 91.5 Å². The average molecular weight is 550 g/mol. The predicted molar refractivity (Wildman–Crippen MR) is 148 cm³/mol. The van der Waals surface area contributed by atoms with Crippen molar-refractivity contribution in [2.75, 3.05) is 45.9 Å². The molecule has 1 rings (SSSR count). The van der Waals surface area contributed by atoms with E-state index >= 15 is 0 Å². The number of benzene rings is 1. The van der Waals surface area contributed by atoms with Crippen molar-refractivity contribution >= 4 is 35.3 Å². The second kappa shape index (κ2) is 19.3. The lowest BCUT2D eigenvalue weighted by molar-refractivity contribution is -0.130. The molecule has 218 valence electrons. The molecule has 0 spiro atoms. The van der Waals surface area contributed by atoms with Crippen LogP contribution in [0.5, 0.6) is 0 Å². The number of aliphatic hydroxyl groups excluding tert-OH is 1. The van der Waals surface area contributed by atoms with Crippen LogP contribution in [0.2, 0.25) is 0 Å². The maximum absolute atomic E-state index is 12.4. The van der Waals surface area contributed by atoms with Crippen LogP contribution in [0, 0.1) is 0 Å². The molecule has 0 saturated carbocycles. The third kappa shape index (κ3) is 14.7. The zero-order valence-electron chi connectivity index (χ0n) is 22.4. The van der Waals surface area contributed by atoms with Gasteiger partial charge in [-0.1, -0.05) is 12.1 Å². The first-order valence-electron chi connectivity index (χ1n) is 13.0. The largest absolute Gasteiger partial charge is 0.394 e. The summed E-state index contributed by atoms with van der Waals surface area (Å²) in [5, 5.41) is 17.5. The van der Waals surface area contributed by atoms with E-state index in [1.54, 1.807) is 17.0 Å². The van der Waals surface area contributed by atoms with Crippen molar-refractivity contribution in [2.45, 2.75) is 44.6 Å². The molecule has 0 heterocycles. The number of carbonyl (C=O) groups excluding carboxylic acids is 4. The van der Waals surface area contributed by atoms with Gasteiger partial charge in [-0.2, -0.15) is 0 Å². The second-order valence-electron chi connectivity index (χ2n) is 8.85. The van der Waals surface area contributed by atoms with E-state index in [9.17, 15) is 24.3 Å². The molecule has 0 aliphatic carbocycles. The monoisotopic (exact) mass is 549 g/mol. The molecule has 14 nitrogen and oxygen atoms in total. The van der Waals surface area contributed by atoms with Gasteiger partial charge in [0.05, 0.1) is 25.4 Å². The summed E-state index contributed by atoms with van der Waals surface area (Å²) >= 11 is 0. The molecule has 0 fully saturated rings. The molecule has 0 bridgehead atoms. The lowest BCUT2D eigenvalue weighted by Gasteiger charge is -2.22. The Bertz CT molecular complexity index is 936. The Hall–Kier alpha value is -3.75. The van der Waals surface area contributed by atoms with E-state index in [1.807, 2.05) is 12.1 Å². The fourth-order valence-electron chi connectivity index (χ4n) is 3.62. The van der Waals surface area contributed by atoms with Crippen LogP contribution in [0.15, 0.2) is 29.3 Å². The van der Waals surface area contributed by atoms with Crippen molar-refractivity contribution in [3.63, 3.8) is 0 Å². The Morgan fingerprint density at radius 1 is 0.872 bits per heavy atom. The molecule has 0 aliphatic heterocycles. The number of aliphatic imine (C=N–C) groups is 1. The number of aryl methyl sites for hydroxylation is 1. The van der Waals surface area contributed by atoms with Crippen LogP contribution in [0.3, 0.4) is 0 Å². The summed E-state index contributed by atoms with van der Waals surface area (Å²) in [4.78, 5) is 53.4. The van der Waals surface area contributed by atoms with Crippen molar-refractivity contribution in [3.05, 3.63) is 29.8 Å². The van der Waals surface area contributed by atoms with Crippen molar-refractivity contribution in [1.29, 1.82) is 0 Å². The second-order valence-corrected chi connectivity index (χ2v) is 8.85. The van der Waals surface area contributed by atoms with Gasteiger partial charge < -0.3 is 48.9 Å². The van der Waals surface area contributed by atoms with Crippen LogP contribution in [0.25, 0.3) is 0 Å². The topological polar surface area (TPSA) is 244 Å². The van der Waals surface area contributed by atoms with Gasteiger partial charge in [0.25, 0.3) is 0 Å². The molecule has 12 N–H and O–H groups in total. The van der Waals surface area contributed by atoms with Crippen molar-refractivity contribution in [3.8, 4) is 0 Å². The molecule has 0 aromatic heterocycles. The van der Waals surface area contributed by atoms with Crippen molar-refractivity contribution in [2.24, 2.45) is 27.9 Å². The quantitative estimate of drug-likeness (QED) is 0.0517. The van der Waals surface area contributed by atoms with E-state index < -0.39 is 18.6 Å². The van der Waals surface area contributed by atoms with Gasteiger partial charge >= 0.3 is 0 Å². The highest BCUT2D eigenvalue weighted by molar-refractivity contribution is 5.87. The fraction of sp³-hybridized carbons (Fsp3) is 0.560. The normalized spacial score (nSPS) is 11.3. The first-order valence-corrected chi connectivity index (χ1v) is 13.0.